The fraction of sp³-hybridized carbons (Fsp3) is 0.500. The molecule has 1 heterocycles. The van der Waals surface area contributed by atoms with Gasteiger partial charge in [0.2, 0.25) is 0 Å². The molecular weight excluding hydrogens is 282 g/mol. The average molecular weight is 298 g/mol. The van der Waals surface area contributed by atoms with Gasteiger partial charge in [-0.3, -0.25) is 9.36 Å². The first kappa shape index (κ1) is 12.4. The third-order valence-electron chi connectivity index (χ3n) is 3.51. The summed E-state index contributed by atoms with van der Waals surface area (Å²) in [5.41, 5.74) is 7.35. The lowest BCUT2D eigenvalue weighted by Crippen LogP contribution is -2.29. The van der Waals surface area contributed by atoms with Crippen LogP contribution >= 0.6 is 15.9 Å². The summed E-state index contributed by atoms with van der Waals surface area (Å²) < 4.78 is 2.18. The van der Waals surface area contributed by atoms with Crippen LogP contribution in [0.4, 0.5) is 5.82 Å². The van der Waals surface area contributed by atoms with Crippen molar-refractivity contribution in [2.45, 2.75) is 38.6 Å². The molecule has 0 unspecified atom stereocenters. The monoisotopic (exact) mass is 297 g/mol. The van der Waals surface area contributed by atoms with E-state index in [0.29, 0.717) is 15.9 Å². The third kappa shape index (κ3) is 1.92. The minimum absolute atomic E-state index is 0.0718. The lowest BCUT2D eigenvalue weighted by molar-refractivity contribution is 0.507. The lowest BCUT2D eigenvalue weighted by atomic mass is 10.1. The van der Waals surface area contributed by atoms with E-state index in [9.17, 15) is 4.79 Å². The van der Waals surface area contributed by atoms with Crippen molar-refractivity contribution >= 4 is 28.0 Å². The number of nitrogens with two attached hydrogens (primary N) is 1. The van der Waals surface area contributed by atoms with E-state index in [1.807, 2.05) is 0 Å². The summed E-state index contributed by atoms with van der Waals surface area (Å²) in [5.74, 6) is 0.428. The highest BCUT2D eigenvalue weighted by Gasteiger charge is 2.23. The first-order valence-corrected chi connectivity index (χ1v) is 6.57. The van der Waals surface area contributed by atoms with Crippen molar-refractivity contribution < 1.29 is 0 Å². The molecule has 0 atom stereocenters. The van der Waals surface area contributed by atoms with Crippen molar-refractivity contribution in [2.24, 2.45) is 0 Å². The molecule has 4 nitrogen and oxygen atoms in total. The molecule has 1 saturated carbocycles. The fourth-order valence-electron chi connectivity index (χ4n) is 2.52. The van der Waals surface area contributed by atoms with Gasteiger partial charge in [0.1, 0.15) is 5.82 Å². The Morgan fingerprint density at radius 3 is 2.59 bits per heavy atom. The van der Waals surface area contributed by atoms with Gasteiger partial charge in [0.15, 0.2) is 0 Å². The second kappa shape index (κ2) is 4.64. The molecule has 5 heteroatoms. The summed E-state index contributed by atoms with van der Waals surface area (Å²) in [6.07, 6.45) is 5.50. The molecule has 0 spiro atoms. The molecule has 0 radical (unpaired) electrons. The van der Waals surface area contributed by atoms with Crippen LogP contribution in [0.5, 0.6) is 0 Å². The Morgan fingerprint density at radius 1 is 1.47 bits per heavy atom. The number of anilines is 1. The number of halogens is 1. The normalized spacial score (nSPS) is 16.4. The zero-order valence-corrected chi connectivity index (χ0v) is 11.4. The van der Waals surface area contributed by atoms with Crippen LogP contribution in [0.25, 0.3) is 0 Å². The predicted octanol–water partition coefficient (Wildman–Crippen LogP) is 2.61. The lowest BCUT2D eigenvalue weighted by Gasteiger charge is -2.20. The fourth-order valence-corrected chi connectivity index (χ4v) is 2.93. The SMILES string of the molecule is Cc1c(C=N)c(N)n(C2CCCC2)c(=O)c1Br. The summed E-state index contributed by atoms with van der Waals surface area (Å²) in [5, 5.41) is 7.42. The van der Waals surface area contributed by atoms with E-state index in [0.717, 1.165) is 31.2 Å². The summed E-state index contributed by atoms with van der Waals surface area (Å²) in [6.45, 7) is 1.81. The Bertz CT molecular complexity index is 515. The predicted molar refractivity (Wildman–Crippen MR) is 72.9 cm³/mol. The van der Waals surface area contributed by atoms with Crippen molar-refractivity contribution in [3.05, 3.63) is 26.0 Å². The largest absolute Gasteiger partial charge is 0.384 e. The van der Waals surface area contributed by atoms with Crippen molar-refractivity contribution in [2.75, 3.05) is 5.73 Å². The summed E-state index contributed by atoms with van der Waals surface area (Å²) in [7, 11) is 0. The average Bonchev–Trinajstić information content (AvgIpc) is 2.81. The highest BCUT2D eigenvalue weighted by atomic mass is 79.9. The number of hydrogen-bond acceptors (Lipinski definition) is 3. The van der Waals surface area contributed by atoms with Crippen LogP contribution < -0.4 is 11.3 Å². The maximum Gasteiger partial charge on any atom is 0.266 e. The van der Waals surface area contributed by atoms with Gasteiger partial charge in [-0.25, -0.2) is 0 Å². The number of nitrogens with zero attached hydrogens (tertiary/aromatic N) is 1. The van der Waals surface area contributed by atoms with Gasteiger partial charge in [0.05, 0.1) is 4.47 Å². The summed E-state index contributed by atoms with van der Waals surface area (Å²) in [6, 6.07) is 0.193. The Hall–Kier alpha value is -1.10. The first-order valence-electron chi connectivity index (χ1n) is 5.78. The zero-order valence-electron chi connectivity index (χ0n) is 9.79. The van der Waals surface area contributed by atoms with E-state index in [4.69, 9.17) is 11.1 Å². The summed E-state index contributed by atoms with van der Waals surface area (Å²) in [4.78, 5) is 12.2. The molecule has 1 fully saturated rings. The Labute approximate surface area is 108 Å². The quantitative estimate of drug-likeness (QED) is 0.824. The molecule has 0 bridgehead atoms. The Kier molecular flexibility index (Phi) is 3.38. The number of aromatic nitrogens is 1. The van der Waals surface area contributed by atoms with Gasteiger partial charge in [0, 0.05) is 17.8 Å². The van der Waals surface area contributed by atoms with Gasteiger partial charge >= 0.3 is 0 Å². The van der Waals surface area contributed by atoms with E-state index in [1.165, 1.54) is 6.21 Å². The van der Waals surface area contributed by atoms with E-state index < -0.39 is 0 Å². The van der Waals surface area contributed by atoms with Crippen LogP contribution in [0, 0.1) is 12.3 Å². The molecule has 2 rings (SSSR count). The molecule has 0 aromatic carbocycles. The van der Waals surface area contributed by atoms with E-state index in [1.54, 1.807) is 11.5 Å². The molecule has 3 N–H and O–H groups in total. The van der Waals surface area contributed by atoms with Crippen molar-refractivity contribution in [3.63, 3.8) is 0 Å². The van der Waals surface area contributed by atoms with E-state index in [-0.39, 0.29) is 11.6 Å². The van der Waals surface area contributed by atoms with Crippen LogP contribution in [0.1, 0.15) is 42.9 Å². The van der Waals surface area contributed by atoms with E-state index >= 15 is 0 Å². The second-order valence-corrected chi connectivity index (χ2v) is 5.29. The smallest absolute Gasteiger partial charge is 0.266 e. The maximum atomic E-state index is 12.2. The standard InChI is InChI=1S/C12H16BrN3O/c1-7-9(6-14)11(15)16(12(17)10(7)13)8-4-2-3-5-8/h6,8,14H,2-5,15H2,1H3. The Morgan fingerprint density at radius 2 is 2.06 bits per heavy atom. The molecular formula is C12H16BrN3O. The van der Waals surface area contributed by atoms with Crippen LogP contribution in [-0.2, 0) is 0 Å². The molecule has 1 aliphatic carbocycles. The Balaban J connectivity index is 2.69. The molecule has 0 saturated heterocycles. The number of pyridine rings is 1. The third-order valence-corrected chi connectivity index (χ3v) is 4.44. The molecule has 92 valence electrons. The van der Waals surface area contributed by atoms with Crippen LogP contribution in [0.2, 0.25) is 0 Å². The van der Waals surface area contributed by atoms with Crippen LogP contribution in [-0.4, -0.2) is 10.8 Å². The maximum absolute atomic E-state index is 12.2. The highest BCUT2D eigenvalue weighted by Crippen LogP contribution is 2.32. The van der Waals surface area contributed by atoms with Crippen molar-refractivity contribution in [3.8, 4) is 0 Å². The number of nitrogens with one attached hydrogen (secondary N) is 1. The molecule has 1 aliphatic rings. The second-order valence-electron chi connectivity index (χ2n) is 4.50. The van der Waals surface area contributed by atoms with Gasteiger partial charge in [0.25, 0.3) is 5.56 Å². The number of nitrogen functional groups attached to an aromatic ring is 1. The molecule has 0 aliphatic heterocycles. The van der Waals surface area contributed by atoms with Gasteiger partial charge in [-0.1, -0.05) is 12.8 Å². The van der Waals surface area contributed by atoms with Crippen LogP contribution in [0.3, 0.4) is 0 Å². The molecule has 1 aromatic heterocycles. The van der Waals surface area contributed by atoms with Crippen molar-refractivity contribution in [1.29, 1.82) is 5.41 Å². The highest BCUT2D eigenvalue weighted by molar-refractivity contribution is 9.10. The molecule has 17 heavy (non-hydrogen) atoms. The zero-order chi connectivity index (χ0) is 12.6. The molecule has 0 amide bonds. The van der Waals surface area contributed by atoms with Gasteiger partial charge < -0.3 is 11.1 Å². The topological polar surface area (TPSA) is 71.9 Å². The van der Waals surface area contributed by atoms with Crippen LogP contribution in [0.15, 0.2) is 9.27 Å². The van der Waals surface area contributed by atoms with Gasteiger partial charge in [-0.05, 0) is 41.3 Å². The minimum atomic E-state index is -0.0718. The number of hydrogen-bond donors (Lipinski definition) is 2. The van der Waals surface area contributed by atoms with Crippen molar-refractivity contribution in [1.82, 2.24) is 4.57 Å². The number of rotatable bonds is 2. The first-order chi connectivity index (χ1) is 8.07. The minimum Gasteiger partial charge on any atom is -0.384 e. The van der Waals surface area contributed by atoms with Gasteiger partial charge in [-0.2, -0.15) is 0 Å². The van der Waals surface area contributed by atoms with E-state index in [2.05, 4.69) is 15.9 Å². The molecule has 1 aromatic rings. The van der Waals surface area contributed by atoms with Gasteiger partial charge in [-0.15, -0.1) is 0 Å². The summed E-state index contributed by atoms with van der Waals surface area (Å²) >= 11 is 3.31.